The van der Waals surface area contributed by atoms with Gasteiger partial charge in [0, 0.05) is 136 Å². The molecule has 3 radical (unpaired) electrons. The Hall–Kier alpha value is -11.8. The van der Waals surface area contributed by atoms with Crippen molar-refractivity contribution in [2.45, 2.75) is 122 Å². The molecule has 3 unspecified atom stereocenters. The van der Waals surface area contributed by atoms with Crippen LogP contribution in [0, 0.1) is 69.2 Å². The van der Waals surface area contributed by atoms with E-state index in [1.54, 1.807) is 63.9 Å². The second-order valence-electron chi connectivity index (χ2n) is 31.2. The summed E-state index contributed by atoms with van der Waals surface area (Å²) >= 11 is 5.81. The van der Waals surface area contributed by atoms with Crippen LogP contribution in [0.1, 0.15) is 190 Å². The first kappa shape index (κ1) is 79.7. The largest absolute Gasteiger partial charge is 3.00 e. The van der Waals surface area contributed by atoms with Gasteiger partial charge in [0.25, 0.3) is 0 Å². The smallest absolute Gasteiger partial charge is 0.811 e. The first-order valence-electron chi connectivity index (χ1n) is 57.2. The summed E-state index contributed by atoms with van der Waals surface area (Å²) in [6.07, 6.45) is 46.8. The van der Waals surface area contributed by atoms with E-state index in [0.29, 0.717) is 51.2 Å². The van der Waals surface area contributed by atoms with E-state index in [2.05, 4.69) is 158 Å². The van der Waals surface area contributed by atoms with Gasteiger partial charge in [0.2, 0.25) is 0 Å². The number of allylic oxidation sites excluding steroid dienone is 16. The molecule has 0 spiro atoms. The number of hydrogen-bond donors (Lipinski definition) is 0. The molecule has 7 aromatic carbocycles. The Morgan fingerprint density at radius 2 is 1.23 bits per heavy atom. The molecular formula is C125H111Ir4N8S4-6. The van der Waals surface area contributed by atoms with E-state index < -0.39 is 51.0 Å². The molecule has 11 heterocycles. The normalized spacial score (nSPS) is 18.7. The summed E-state index contributed by atoms with van der Waals surface area (Å²) in [6, 6.07) is 74.7. The Kier molecular flexibility index (Phi) is 33.9. The summed E-state index contributed by atoms with van der Waals surface area (Å²) in [5.41, 5.74) is 11.0. The Morgan fingerprint density at radius 1 is 0.567 bits per heavy atom. The number of fused-ring (bicyclic) bond motifs is 8. The summed E-state index contributed by atoms with van der Waals surface area (Å²) in [6.45, 7) is 2.30. The van der Waals surface area contributed by atoms with Crippen molar-refractivity contribution in [3.05, 3.63) is 504 Å². The SMILES string of the molecule is C1=CC[CH-]C(c2ccccn2)=C1.C1=CC[CH-]C(c2ccccn2)=C1.C=C/C=C\C=[N-].[2H]C1=C([2H])C([2H])C([2H])C(C2=C([2H])c3sc4c([2H])c([2H])c([2H])c([2H])c4c3C([2H])[CH-]2)=N1.[2H]c1c(C([2H])([2H])[2H])cnc(-c2[c-]cccsc3ccccc3c2)c1[2H].[2H]c1c(C([2H])([2H])[2H])cnc(C(=C)[C-]=Cc2cc3ccccc3s2)c1[2H].[2H]c1nc(-c2[c-]c3sc4ccccc4c3cc2)c([2H])c([2H])c1C1([2H])CCCCC1.[Ir+3].[Ir].[Ir].[Ir].[c-]1ccccc1.[c-]1ccccc1C1=NC=C(C2CCCC2)CC1. The monoisotopic (exact) mass is 2650 g/mol. The number of hydrogen-bond acceptors (Lipinski definition) is 11. The zero-order chi connectivity index (χ0) is 115. The van der Waals surface area contributed by atoms with E-state index in [9.17, 15) is 0 Å². The van der Waals surface area contributed by atoms with Crippen LogP contribution >= 0.6 is 45.3 Å². The fourth-order valence-corrected chi connectivity index (χ4v) is 18.8. The Morgan fingerprint density at radius 3 is 1.90 bits per heavy atom. The van der Waals surface area contributed by atoms with Crippen molar-refractivity contribution in [1.82, 2.24) is 24.9 Å². The van der Waals surface area contributed by atoms with Gasteiger partial charge in [-0.05, 0) is 206 Å². The quantitative estimate of drug-likeness (QED) is 0.0648. The molecule has 16 aromatic rings. The maximum atomic E-state index is 8.82. The first-order valence-corrected chi connectivity index (χ1v) is 48.3. The summed E-state index contributed by atoms with van der Waals surface area (Å²) in [5, 5.41) is 14.5. The average Bonchev–Trinajstić information content (AvgIpc) is 1.57. The first-order chi connectivity index (χ1) is 77.5. The minimum absolute atomic E-state index is 0. The topological polar surface area (TPSA) is 111 Å². The van der Waals surface area contributed by atoms with Crippen LogP contribution in [-0.2, 0) is 86.8 Å². The summed E-state index contributed by atoms with van der Waals surface area (Å²) < 4.78 is 196. The van der Waals surface area contributed by atoms with Gasteiger partial charge in [-0.25, -0.2) is 0 Å². The van der Waals surface area contributed by atoms with Gasteiger partial charge in [0.15, 0.2) is 0 Å². The maximum absolute atomic E-state index is 8.82. The third-order valence-corrected chi connectivity index (χ3v) is 26.0. The molecular weight excluding hydrogens is 2510 g/mol. The molecule has 23 rings (SSSR count). The van der Waals surface area contributed by atoms with Gasteiger partial charge in [-0.2, -0.15) is 131 Å². The molecule has 7 aliphatic rings. The fourth-order valence-electron chi connectivity index (χ4n) is 15.1. The number of pyridine rings is 5. The molecule has 2 aliphatic heterocycles. The second kappa shape index (κ2) is 59.8. The predicted octanol–water partition coefficient (Wildman–Crippen LogP) is 34.3. The van der Waals surface area contributed by atoms with Crippen LogP contribution in [-0.4, -0.2) is 42.6 Å². The molecule has 141 heavy (non-hydrogen) atoms. The van der Waals surface area contributed by atoms with Crippen molar-refractivity contribution in [3.8, 4) is 22.5 Å². The van der Waals surface area contributed by atoms with Crippen molar-refractivity contribution in [1.29, 1.82) is 0 Å². The summed E-state index contributed by atoms with van der Waals surface area (Å²) in [5.74, 6) is -0.132. The minimum atomic E-state index is -2.46. The number of aliphatic imine (C=N–C) groups is 2. The predicted molar refractivity (Wildman–Crippen MR) is 590 cm³/mol. The average molecular weight is 2650 g/mol. The molecule has 0 saturated heterocycles. The van der Waals surface area contributed by atoms with Gasteiger partial charge in [-0.15, -0.1) is 149 Å². The molecule has 9 aromatic heterocycles. The van der Waals surface area contributed by atoms with Crippen LogP contribution < -0.4 is 0 Å². The molecule has 0 N–H and O–H groups in total. The minimum Gasteiger partial charge on any atom is -0.811 e. The Bertz CT molecular complexity index is 8330. The van der Waals surface area contributed by atoms with E-state index in [4.69, 9.17) is 38.3 Å². The molecule has 2 fully saturated rings. The maximum Gasteiger partial charge on any atom is 3.00 e. The molecule has 2 saturated carbocycles. The zero-order valence-corrected chi connectivity index (χ0v) is 89.4. The number of benzene rings is 7. The van der Waals surface area contributed by atoms with E-state index >= 15 is 0 Å². The molecule has 8 nitrogen and oxygen atoms in total. The summed E-state index contributed by atoms with van der Waals surface area (Å²) in [7, 11) is 0. The van der Waals surface area contributed by atoms with Crippen molar-refractivity contribution in [2.75, 3.05) is 0 Å². The van der Waals surface area contributed by atoms with Crippen LogP contribution in [0.5, 0.6) is 0 Å². The number of aryl methyl sites for hydroxylation is 2. The van der Waals surface area contributed by atoms with Crippen LogP contribution in [0.15, 0.2) is 404 Å². The number of rotatable bonds is 13. The van der Waals surface area contributed by atoms with Crippen molar-refractivity contribution < 1.29 is 113 Å². The van der Waals surface area contributed by atoms with E-state index in [1.165, 1.54) is 71.5 Å². The van der Waals surface area contributed by atoms with E-state index in [-0.39, 0.29) is 197 Å². The molecule has 0 amide bonds. The Balaban J connectivity index is 0.000000180. The van der Waals surface area contributed by atoms with Crippen LogP contribution in [0.4, 0.5) is 0 Å². The Labute approximate surface area is 937 Å². The van der Waals surface area contributed by atoms with Gasteiger partial charge >= 0.3 is 20.1 Å². The molecule has 0 bridgehead atoms. The third-order valence-electron chi connectivity index (χ3n) is 21.9. The van der Waals surface area contributed by atoms with Crippen molar-refractivity contribution >= 4 is 142 Å². The second-order valence-corrected chi connectivity index (χ2v) is 35.4. The molecule has 16 heteroatoms. The number of thiophene rings is 3. The van der Waals surface area contributed by atoms with E-state index in [1.807, 2.05) is 188 Å². The van der Waals surface area contributed by atoms with Gasteiger partial charge in [-0.3, -0.25) is 0 Å². The molecule has 3 atom stereocenters. The third kappa shape index (κ3) is 33.4. The van der Waals surface area contributed by atoms with Gasteiger partial charge in [0.05, 0.1) is 17.8 Å². The molecule has 717 valence electrons. The van der Waals surface area contributed by atoms with E-state index in [0.717, 1.165) is 126 Å². The van der Waals surface area contributed by atoms with Crippen LogP contribution in [0.2, 0.25) is 0 Å². The van der Waals surface area contributed by atoms with Gasteiger partial charge < -0.3 is 40.3 Å². The molecule has 5 aliphatic carbocycles. The van der Waals surface area contributed by atoms with Crippen molar-refractivity contribution in [2.24, 2.45) is 15.9 Å². The van der Waals surface area contributed by atoms with Crippen LogP contribution in [0.3, 0.4) is 0 Å². The standard InChI is InChI=1S/C23H20NS.2C18H14NS.C17H14NS.C16H18N.2C11H10N.C6H5.C5H6N.4Ir/c1-2-6-16(7-3-1)18-11-13-21(24-15-18)17-10-12-20-19-8-4-5-9-22(19)25-23(20)14-17;1-13-7-10-17(19-12-13)14(2)8-9-16-11-15-5-3-4-6-18(15)20-16;1-14-9-10-17(19-13-14)15-6-4-5-11-20-18-8-3-2-7-16(18)12-15;1-2-7-16-13(5-1)14-9-8-12(11-17(14)19-16)15-6-3-4-10-18-15;1-2-8-14(9-3-1)16-11-10-15(12-17-16)13-6-4-5-7-13;2*1-2-6-10(7-3-1)11-8-4-5-9-12-11;1-2-4-6-5-3-1;1-2-3-4-5-6;;;;/h4-5,8-13,15-16H,1-3,6-7H2;3-7,9-12H,2H2,1H3;2-5,7-13H,1H3;1-2,4-5,7-8,10-11H,3,6,9H2;1-3,8,12-13H,4-7,10-11H2;2*1-2,4-9H,3H2;1-5H;2-5H,1H2;;;;/q9*-1;;;;+3/b;;;;;;;;4-3-;;;;/i11D,13D,15D,16D;1D3,7D,10D;1D3,9D,10D;1D,2D,3D,4D,5D,6D,7D,9D,10D,11D;;;;;;;;;. The van der Waals surface area contributed by atoms with Gasteiger partial charge in [-0.1, -0.05) is 245 Å². The fraction of sp³-hybridized carbons (Fsp3) is 0.160. The number of aromatic nitrogens is 5. The van der Waals surface area contributed by atoms with Crippen LogP contribution in [0.25, 0.3) is 107 Å². The zero-order valence-electron chi connectivity index (χ0n) is 101. The van der Waals surface area contributed by atoms with Crippen molar-refractivity contribution in [3.63, 3.8) is 0 Å². The number of nitrogens with zero attached hydrogens (tertiary/aromatic N) is 8. The van der Waals surface area contributed by atoms with Gasteiger partial charge in [0.1, 0.15) is 0 Å². The summed E-state index contributed by atoms with van der Waals surface area (Å²) in [4.78, 5) is 31.0.